The highest BCUT2D eigenvalue weighted by Crippen LogP contribution is 2.32. The van der Waals surface area contributed by atoms with Gasteiger partial charge in [0.25, 0.3) is 0 Å². The molecule has 0 saturated heterocycles. The number of thiophene rings is 1. The summed E-state index contributed by atoms with van der Waals surface area (Å²) in [6.45, 7) is 1.86. The summed E-state index contributed by atoms with van der Waals surface area (Å²) in [7, 11) is 1.41. The zero-order valence-electron chi connectivity index (χ0n) is 13.7. The van der Waals surface area contributed by atoms with E-state index in [1.165, 1.54) is 7.11 Å². The Morgan fingerprint density at radius 2 is 1.79 bits per heavy atom. The second-order valence-electron chi connectivity index (χ2n) is 5.34. The molecule has 0 radical (unpaired) electrons. The molecule has 0 amide bonds. The Morgan fingerprint density at radius 3 is 2.50 bits per heavy atom. The number of esters is 1. The largest absolute Gasteiger partial charge is 0.465 e. The molecular weight excluding hydrogens is 316 g/mol. The second kappa shape index (κ2) is 7.28. The normalized spacial score (nSPS) is 12.0. The minimum absolute atomic E-state index is 0.303. The summed E-state index contributed by atoms with van der Waals surface area (Å²) in [5, 5.41) is 3.09. The molecular formula is C21H18O2S. The molecule has 0 bridgehead atoms. The van der Waals surface area contributed by atoms with Gasteiger partial charge >= 0.3 is 5.97 Å². The molecule has 1 aromatic heterocycles. The number of allylic oxidation sites excluding steroid dienone is 1. The number of rotatable bonds is 4. The Bertz CT molecular complexity index is 917. The molecule has 2 nitrogen and oxygen atoms in total. The predicted molar refractivity (Wildman–Crippen MR) is 103 cm³/mol. The van der Waals surface area contributed by atoms with Crippen molar-refractivity contribution in [3.05, 3.63) is 76.7 Å². The van der Waals surface area contributed by atoms with Crippen LogP contribution in [0.1, 0.15) is 23.6 Å². The summed E-state index contributed by atoms with van der Waals surface area (Å²) < 4.78 is 6.05. The van der Waals surface area contributed by atoms with E-state index < -0.39 is 0 Å². The van der Waals surface area contributed by atoms with Crippen molar-refractivity contribution in [1.82, 2.24) is 0 Å². The highest BCUT2D eigenvalue weighted by atomic mass is 32.1. The first-order chi connectivity index (χ1) is 11.7. The van der Waals surface area contributed by atoms with E-state index in [1.807, 2.05) is 30.5 Å². The monoisotopic (exact) mass is 334 g/mol. The molecule has 0 unspecified atom stereocenters. The van der Waals surface area contributed by atoms with Crippen molar-refractivity contribution < 1.29 is 9.53 Å². The van der Waals surface area contributed by atoms with E-state index >= 15 is 0 Å². The lowest BCUT2D eigenvalue weighted by atomic mass is 10.0. The van der Waals surface area contributed by atoms with Crippen molar-refractivity contribution in [1.29, 1.82) is 0 Å². The van der Waals surface area contributed by atoms with Gasteiger partial charge in [-0.25, -0.2) is 4.79 Å². The van der Waals surface area contributed by atoms with Crippen LogP contribution in [-0.2, 0) is 9.53 Å². The third kappa shape index (κ3) is 3.31. The van der Waals surface area contributed by atoms with Crippen LogP contribution in [0.3, 0.4) is 0 Å². The Hall–Kier alpha value is -2.65. The number of methoxy groups -OCH3 is 1. The van der Waals surface area contributed by atoms with E-state index in [-0.39, 0.29) is 5.97 Å². The Morgan fingerprint density at radius 1 is 1.04 bits per heavy atom. The lowest BCUT2D eigenvalue weighted by Crippen LogP contribution is -2.03. The third-order valence-corrected chi connectivity index (χ3v) is 4.81. The van der Waals surface area contributed by atoms with Crippen LogP contribution in [0.15, 0.2) is 60.0 Å². The quantitative estimate of drug-likeness (QED) is 0.350. The molecule has 2 aromatic carbocycles. The molecule has 0 aliphatic rings. The fourth-order valence-electron chi connectivity index (χ4n) is 2.61. The van der Waals surface area contributed by atoms with Gasteiger partial charge < -0.3 is 4.74 Å². The first kappa shape index (κ1) is 16.2. The molecule has 3 rings (SSSR count). The number of ether oxygens (including phenoxy) is 1. The summed E-state index contributed by atoms with van der Waals surface area (Å²) in [5.74, 6) is -0.303. The molecule has 0 saturated carbocycles. The van der Waals surface area contributed by atoms with Gasteiger partial charge in [0.05, 0.1) is 12.7 Å². The maximum atomic E-state index is 12.0. The van der Waals surface area contributed by atoms with Crippen LogP contribution in [0.4, 0.5) is 0 Å². The SMILES string of the molecule is CC=C(C(=O)OC)c1csc2ccc(C=Cc3ccccc3)cc12. The van der Waals surface area contributed by atoms with E-state index in [2.05, 4.69) is 42.5 Å². The average molecular weight is 334 g/mol. The minimum Gasteiger partial charge on any atom is -0.465 e. The number of carbonyl (C=O) groups excluding carboxylic acids is 1. The average Bonchev–Trinajstić information content (AvgIpc) is 3.04. The number of hydrogen-bond donors (Lipinski definition) is 0. The Labute approximate surface area is 145 Å². The van der Waals surface area contributed by atoms with E-state index in [0.717, 1.165) is 26.8 Å². The Balaban J connectivity index is 2.00. The number of fused-ring (bicyclic) bond motifs is 1. The van der Waals surface area contributed by atoms with Crippen LogP contribution in [0, 0.1) is 0 Å². The van der Waals surface area contributed by atoms with E-state index in [9.17, 15) is 4.79 Å². The second-order valence-corrected chi connectivity index (χ2v) is 6.25. The van der Waals surface area contributed by atoms with Gasteiger partial charge in [-0.2, -0.15) is 0 Å². The van der Waals surface area contributed by atoms with Gasteiger partial charge in [-0.15, -0.1) is 11.3 Å². The molecule has 120 valence electrons. The predicted octanol–water partition coefficient (Wildman–Crippen LogP) is 5.65. The standard InChI is InChI=1S/C21H18O2S/c1-3-17(21(22)23-2)19-14-24-20-12-11-16(13-18(19)20)10-9-15-7-5-4-6-8-15/h3-14H,1-2H3. The van der Waals surface area contributed by atoms with Crippen molar-refractivity contribution in [3.8, 4) is 0 Å². The topological polar surface area (TPSA) is 26.3 Å². The number of hydrogen-bond acceptors (Lipinski definition) is 3. The van der Waals surface area contributed by atoms with E-state index in [0.29, 0.717) is 5.57 Å². The lowest BCUT2D eigenvalue weighted by Gasteiger charge is -2.04. The van der Waals surface area contributed by atoms with Gasteiger partial charge in [-0.3, -0.25) is 0 Å². The fourth-order valence-corrected chi connectivity index (χ4v) is 3.55. The smallest absolute Gasteiger partial charge is 0.338 e. The van der Waals surface area contributed by atoms with Gasteiger partial charge in [-0.1, -0.05) is 54.6 Å². The van der Waals surface area contributed by atoms with Crippen LogP contribution in [0.2, 0.25) is 0 Å². The van der Waals surface area contributed by atoms with Crippen LogP contribution < -0.4 is 0 Å². The first-order valence-corrected chi connectivity index (χ1v) is 8.60. The van der Waals surface area contributed by atoms with Gasteiger partial charge in [0.1, 0.15) is 0 Å². The molecule has 0 fully saturated rings. The molecule has 0 aliphatic carbocycles. The van der Waals surface area contributed by atoms with Crippen molar-refractivity contribution >= 4 is 45.1 Å². The third-order valence-electron chi connectivity index (χ3n) is 3.85. The van der Waals surface area contributed by atoms with Gasteiger partial charge in [0, 0.05) is 21.0 Å². The molecule has 1 heterocycles. The summed E-state index contributed by atoms with van der Waals surface area (Å²) in [5.41, 5.74) is 3.80. The van der Waals surface area contributed by atoms with Crippen LogP contribution >= 0.6 is 11.3 Å². The van der Waals surface area contributed by atoms with Gasteiger partial charge in [0.15, 0.2) is 0 Å². The van der Waals surface area contributed by atoms with Crippen LogP contribution in [-0.4, -0.2) is 13.1 Å². The zero-order chi connectivity index (χ0) is 16.9. The van der Waals surface area contributed by atoms with Crippen molar-refractivity contribution in [2.45, 2.75) is 6.92 Å². The number of carbonyl (C=O) groups is 1. The van der Waals surface area contributed by atoms with Gasteiger partial charge in [-0.05, 0) is 30.2 Å². The van der Waals surface area contributed by atoms with Crippen molar-refractivity contribution in [3.63, 3.8) is 0 Å². The van der Waals surface area contributed by atoms with E-state index in [4.69, 9.17) is 4.74 Å². The molecule has 0 aliphatic heterocycles. The number of benzene rings is 2. The summed E-state index contributed by atoms with van der Waals surface area (Å²) in [6.07, 6.45) is 5.98. The fraction of sp³-hybridized carbons (Fsp3) is 0.0952. The zero-order valence-corrected chi connectivity index (χ0v) is 14.5. The molecule has 3 heteroatoms. The molecule has 24 heavy (non-hydrogen) atoms. The maximum absolute atomic E-state index is 12.0. The highest BCUT2D eigenvalue weighted by Gasteiger charge is 2.15. The van der Waals surface area contributed by atoms with E-state index in [1.54, 1.807) is 17.4 Å². The van der Waals surface area contributed by atoms with Crippen LogP contribution in [0.5, 0.6) is 0 Å². The van der Waals surface area contributed by atoms with Crippen LogP contribution in [0.25, 0.3) is 27.8 Å². The van der Waals surface area contributed by atoms with Gasteiger partial charge in [0.2, 0.25) is 0 Å². The molecule has 0 N–H and O–H groups in total. The lowest BCUT2D eigenvalue weighted by molar-refractivity contribution is -0.133. The molecule has 0 spiro atoms. The maximum Gasteiger partial charge on any atom is 0.338 e. The first-order valence-electron chi connectivity index (χ1n) is 7.72. The van der Waals surface area contributed by atoms with Crippen molar-refractivity contribution in [2.24, 2.45) is 0 Å². The Kier molecular flexibility index (Phi) is 4.92. The van der Waals surface area contributed by atoms with Crippen molar-refractivity contribution in [2.75, 3.05) is 7.11 Å². The molecule has 0 atom stereocenters. The highest BCUT2D eigenvalue weighted by molar-refractivity contribution is 7.17. The minimum atomic E-state index is -0.303. The molecule has 3 aromatic rings. The summed E-state index contributed by atoms with van der Waals surface area (Å²) in [6, 6.07) is 16.5. The summed E-state index contributed by atoms with van der Waals surface area (Å²) in [4.78, 5) is 12.0. The summed E-state index contributed by atoms with van der Waals surface area (Å²) >= 11 is 1.64.